The van der Waals surface area contributed by atoms with Gasteiger partial charge in [0.2, 0.25) is 5.91 Å². The predicted molar refractivity (Wildman–Crippen MR) is 37.2 cm³/mol. The largest absolute Gasteiger partial charge is 0.325 e. The Labute approximate surface area is 59.3 Å². The van der Waals surface area contributed by atoms with Crippen LogP contribution in [0.15, 0.2) is 12.3 Å². The van der Waals surface area contributed by atoms with Gasteiger partial charge in [0.25, 0.3) is 0 Å². The van der Waals surface area contributed by atoms with Gasteiger partial charge in [-0.25, -0.2) is 4.79 Å². The van der Waals surface area contributed by atoms with Crippen LogP contribution < -0.4 is 10.6 Å². The third kappa shape index (κ3) is 4.83. The number of urea groups is 1. The SMILES string of the molecule is C=C(C)NC(=O)NC(C)=O. The first kappa shape index (κ1) is 8.68. The zero-order chi connectivity index (χ0) is 8.15. The molecule has 0 fully saturated rings. The first-order chi connectivity index (χ1) is 4.52. The van der Waals surface area contributed by atoms with E-state index in [1.54, 1.807) is 6.92 Å². The number of allylic oxidation sites excluding steroid dienone is 1. The van der Waals surface area contributed by atoms with Crippen LogP contribution in [0.2, 0.25) is 0 Å². The van der Waals surface area contributed by atoms with Crippen LogP contribution in [0.1, 0.15) is 13.8 Å². The van der Waals surface area contributed by atoms with Gasteiger partial charge in [-0.1, -0.05) is 6.58 Å². The lowest BCUT2D eigenvalue weighted by molar-refractivity contribution is -0.117. The molecule has 0 heterocycles. The minimum absolute atomic E-state index is 0.390. The van der Waals surface area contributed by atoms with Crippen LogP contribution in [0.4, 0.5) is 4.79 Å². The highest BCUT2D eigenvalue weighted by molar-refractivity contribution is 5.93. The number of hydrogen-bond donors (Lipinski definition) is 2. The monoisotopic (exact) mass is 142 g/mol. The maximum Gasteiger partial charge on any atom is 0.325 e. The van der Waals surface area contributed by atoms with Crippen molar-refractivity contribution in [2.45, 2.75) is 13.8 Å². The molecule has 10 heavy (non-hydrogen) atoms. The van der Waals surface area contributed by atoms with Gasteiger partial charge in [0.05, 0.1) is 0 Å². The summed E-state index contributed by atoms with van der Waals surface area (Å²) in [5.41, 5.74) is 0.499. The number of rotatable bonds is 1. The fraction of sp³-hybridized carbons (Fsp3) is 0.333. The van der Waals surface area contributed by atoms with Crippen LogP contribution in [-0.4, -0.2) is 11.9 Å². The molecule has 0 saturated heterocycles. The van der Waals surface area contributed by atoms with Gasteiger partial charge in [-0.3, -0.25) is 10.1 Å². The van der Waals surface area contributed by atoms with Crippen molar-refractivity contribution in [2.75, 3.05) is 0 Å². The molecule has 0 aliphatic carbocycles. The van der Waals surface area contributed by atoms with Crippen molar-refractivity contribution in [3.05, 3.63) is 12.3 Å². The average Bonchev–Trinajstić information content (AvgIpc) is 1.58. The molecule has 4 heteroatoms. The summed E-state index contributed by atoms with van der Waals surface area (Å²) in [5.74, 6) is -0.390. The van der Waals surface area contributed by atoms with Crippen LogP contribution >= 0.6 is 0 Å². The number of carbonyl (C=O) groups is 2. The molecule has 0 aliphatic rings. The zero-order valence-corrected chi connectivity index (χ0v) is 6.02. The Morgan fingerprint density at radius 2 is 1.70 bits per heavy atom. The minimum atomic E-state index is -0.542. The Morgan fingerprint density at radius 3 is 2.00 bits per heavy atom. The smallest absolute Gasteiger partial charge is 0.312 e. The summed E-state index contributed by atoms with van der Waals surface area (Å²) in [6, 6.07) is -0.542. The molecule has 0 aromatic heterocycles. The van der Waals surface area contributed by atoms with E-state index in [9.17, 15) is 9.59 Å². The summed E-state index contributed by atoms with van der Waals surface area (Å²) in [5, 5.41) is 4.33. The summed E-state index contributed by atoms with van der Waals surface area (Å²) in [6.07, 6.45) is 0. The molecule has 0 unspecified atom stereocenters. The molecule has 0 rings (SSSR count). The van der Waals surface area contributed by atoms with Gasteiger partial charge in [-0.15, -0.1) is 0 Å². The summed E-state index contributed by atoms with van der Waals surface area (Å²) >= 11 is 0. The summed E-state index contributed by atoms with van der Waals surface area (Å²) in [4.78, 5) is 20.8. The number of amides is 3. The lowest BCUT2D eigenvalue weighted by Gasteiger charge is -2.01. The van der Waals surface area contributed by atoms with Crippen molar-refractivity contribution in [1.29, 1.82) is 0 Å². The quantitative estimate of drug-likeness (QED) is 0.555. The summed E-state index contributed by atoms with van der Waals surface area (Å²) < 4.78 is 0. The van der Waals surface area contributed by atoms with E-state index in [-0.39, 0.29) is 0 Å². The third-order valence-electron chi connectivity index (χ3n) is 0.616. The predicted octanol–water partition coefficient (Wildman–Crippen LogP) is 0.366. The highest BCUT2D eigenvalue weighted by Gasteiger charge is 1.99. The molecule has 2 N–H and O–H groups in total. The van der Waals surface area contributed by atoms with Gasteiger partial charge < -0.3 is 5.32 Å². The number of nitrogens with one attached hydrogen (secondary N) is 2. The van der Waals surface area contributed by atoms with E-state index < -0.39 is 11.9 Å². The fourth-order valence-electron chi connectivity index (χ4n) is 0.385. The van der Waals surface area contributed by atoms with Crippen molar-refractivity contribution in [3.8, 4) is 0 Å². The Morgan fingerprint density at radius 1 is 1.20 bits per heavy atom. The van der Waals surface area contributed by atoms with Crippen molar-refractivity contribution in [2.24, 2.45) is 0 Å². The van der Waals surface area contributed by atoms with Crippen molar-refractivity contribution in [1.82, 2.24) is 10.6 Å². The Bertz CT molecular complexity index is 157. The van der Waals surface area contributed by atoms with E-state index >= 15 is 0 Å². The van der Waals surface area contributed by atoms with Gasteiger partial charge in [-0.2, -0.15) is 0 Å². The van der Waals surface area contributed by atoms with Gasteiger partial charge in [0.15, 0.2) is 0 Å². The molecule has 3 amide bonds. The zero-order valence-electron chi connectivity index (χ0n) is 6.02. The molecule has 56 valence electrons. The normalized spacial score (nSPS) is 8.20. The topological polar surface area (TPSA) is 58.2 Å². The highest BCUT2D eigenvalue weighted by Crippen LogP contribution is 1.76. The van der Waals surface area contributed by atoms with Gasteiger partial charge in [0.1, 0.15) is 0 Å². The van der Waals surface area contributed by atoms with Gasteiger partial charge >= 0.3 is 6.03 Å². The van der Waals surface area contributed by atoms with E-state index in [2.05, 4.69) is 11.9 Å². The molecular weight excluding hydrogens is 132 g/mol. The Kier molecular flexibility index (Phi) is 3.17. The van der Waals surface area contributed by atoms with E-state index in [0.29, 0.717) is 5.70 Å². The van der Waals surface area contributed by atoms with Crippen molar-refractivity contribution in [3.63, 3.8) is 0 Å². The maximum absolute atomic E-state index is 10.6. The number of hydrogen-bond acceptors (Lipinski definition) is 2. The molecule has 0 aromatic rings. The second kappa shape index (κ2) is 3.66. The van der Waals surface area contributed by atoms with Crippen LogP contribution in [0.5, 0.6) is 0 Å². The molecule has 0 spiro atoms. The first-order valence-electron chi connectivity index (χ1n) is 2.76. The van der Waals surface area contributed by atoms with E-state index in [1.165, 1.54) is 6.92 Å². The van der Waals surface area contributed by atoms with Crippen molar-refractivity contribution >= 4 is 11.9 Å². The molecule has 0 aromatic carbocycles. The van der Waals surface area contributed by atoms with Crippen LogP contribution in [-0.2, 0) is 4.79 Å². The van der Waals surface area contributed by atoms with E-state index in [0.717, 1.165) is 0 Å². The highest BCUT2D eigenvalue weighted by atomic mass is 16.2. The summed E-state index contributed by atoms with van der Waals surface area (Å²) in [6.45, 7) is 6.31. The van der Waals surface area contributed by atoms with Crippen LogP contribution in [0.25, 0.3) is 0 Å². The maximum atomic E-state index is 10.6. The lowest BCUT2D eigenvalue weighted by atomic mass is 10.6. The van der Waals surface area contributed by atoms with Crippen LogP contribution in [0.3, 0.4) is 0 Å². The fourth-order valence-corrected chi connectivity index (χ4v) is 0.385. The second-order valence-electron chi connectivity index (χ2n) is 1.92. The first-order valence-corrected chi connectivity index (χ1v) is 2.76. The number of imide groups is 1. The third-order valence-corrected chi connectivity index (χ3v) is 0.616. The van der Waals surface area contributed by atoms with E-state index in [1.807, 2.05) is 5.32 Å². The van der Waals surface area contributed by atoms with Gasteiger partial charge in [0, 0.05) is 12.6 Å². The minimum Gasteiger partial charge on any atom is -0.312 e. The second-order valence-corrected chi connectivity index (χ2v) is 1.92. The molecule has 0 atom stereocenters. The Balaban J connectivity index is 3.65. The van der Waals surface area contributed by atoms with Crippen molar-refractivity contribution < 1.29 is 9.59 Å². The van der Waals surface area contributed by atoms with Gasteiger partial charge in [-0.05, 0) is 6.92 Å². The molecule has 0 aliphatic heterocycles. The van der Waals surface area contributed by atoms with E-state index in [4.69, 9.17) is 0 Å². The Hall–Kier alpha value is -1.32. The molecule has 4 nitrogen and oxygen atoms in total. The lowest BCUT2D eigenvalue weighted by Crippen LogP contribution is -2.36. The summed E-state index contributed by atoms with van der Waals surface area (Å²) in [7, 11) is 0. The molecule has 0 bridgehead atoms. The molecular formula is C6H10N2O2. The van der Waals surface area contributed by atoms with Crippen LogP contribution in [0, 0.1) is 0 Å². The standard InChI is InChI=1S/C6H10N2O2/c1-4(2)7-6(10)8-5(3)9/h1H2,2-3H3,(H2,7,8,9,10). The molecule has 0 saturated carbocycles. The average molecular weight is 142 g/mol. The molecule has 0 radical (unpaired) electrons. The number of carbonyl (C=O) groups excluding carboxylic acids is 2.